The first-order valence-electron chi connectivity index (χ1n) is 6.16. The minimum Gasteiger partial charge on any atom is -0.394 e. The van der Waals surface area contributed by atoms with Crippen molar-refractivity contribution in [1.29, 1.82) is 0 Å². The molecule has 11 heteroatoms. The van der Waals surface area contributed by atoms with Gasteiger partial charge in [0.1, 0.15) is 17.9 Å². The number of imidazole rings is 1. The number of nitrogen functional groups attached to an aromatic ring is 1. The molecule has 0 aliphatic carbocycles. The van der Waals surface area contributed by atoms with Gasteiger partial charge in [0.15, 0.2) is 17.3 Å². The SMILES string of the molecule is Nc1ncnc2ncn(C(CC(O)CO)c3nn[nH]n3)c12. The van der Waals surface area contributed by atoms with Crippen LogP contribution in [0, 0.1) is 0 Å². The Bertz CT molecular complexity index is 725. The molecule has 3 heterocycles. The molecule has 0 aliphatic rings. The van der Waals surface area contributed by atoms with Crippen molar-refractivity contribution in [1.82, 2.24) is 40.1 Å². The molecule has 0 spiro atoms. The number of tetrazole rings is 1. The van der Waals surface area contributed by atoms with E-state index in [9.17, 15) is 5.11 Å². The van der Waals surface area contributed by atoms with Crippen LogP contribution in [0.15, 0.2) is 12.7 Å². The Morgan fingerprint density at radius 3 is 2.90 bits per heavy atom. The molecule has 0 radical (unpaired) electrons. The monoisotopic (exact) mass is 291 g/mol. The normalized spacial score (nSPS) is 14.4. The lowest BCUT2D eigenvalue weighted by Gasteiger charge is -2.18. The largest absolute Gasteiger partial charge is 0.394 e. The van der Waals surface area contributed by atoms with Gasteiger partial charge >= 0.3 is 0 Å². The van der Waals surface area contributed by atoms with Crippen LogP contribution in [-0.2, 0) is 0 Å². The Hall–Kier alpha value is -2.66. The number of hydrogen-bond donors (Lipinski definition) is 4. The molecular formula is C10H13N9O2. The number of aromatic amines is 1. The minimum atomic E-state index is -0.947. The van der Waals surface area contributed by atoms with Gasteiger partial charge < -0.3 is 20.5 Å². The van der Waals surface area contributed by atoms with Gasteiger partial charge in [-0.1, -0.05) is 5.21 Å². The van der Waals surface area contributed by atoms with Gasteiger partial charge in [-0.15, -0.1) is 10.2 Å². The average molecular weight is 291 g/mol. The van der Waals surface area contributed by atoms with Gasteiger partial charge in [-0.05, 0) is 0 Å². The second kappa shape index (κ2) is 5.38. The molecule has 0 saturated heterocycles. The zero-order valence-corrected chi connectivity index (χ0v) is 10.8. The summed E-state index contributed by atoms with van der Waals surface area (Å²) in [6.45, 7) is -0.382. The molecule has 5 N–H and O–H groups in total. The van der Waals surface area contributed by atoms with Gasteiger partial charge in [-0.2, -0.15) is 5.21 Å². The van der Waals surface area contributed by atoms with Crippen molar-refractivity contribution in [3.63, 3.8) is 0 Å². The highest BCUT2D eigenvalue weighted by Crippen LogP contribution is 2.26. The van der Waals surface area contributed by atoms with Gasteiger partial charge in [0.2, 0.25) is 0 Å². The number of hydrogen-bond acceptors (Lipinski definition) is 9. The molecule has 0 aliphatic heterocycles. The summed E-state index contributed by atoms with van der Waals surface area (Å²) in [7, 11) is 0. The number of rotatable bonds is 5. The number of aromatic nitrogens is 8. The van der Waals surface area contributed by atoms with Crippen molar-refractivity contribution < 1.29 is 10.2 Å². The molecule has 0 amide bonds. The molecule has 110 valence electrons. The highest BCUT2D eigenvalue weighted by atomic mass is 16.3. The number of nitrogens with one attached hydrogen (secondary N) is 1. The van der Waals surface area contributed by atoms with Crippen molar-refractivity contribution in [2.75, 3.05) is 12.3 Å². The van der Waals surface area contributed by atoms with Crippen LogP contribution >= 0.6 is 0 Å². The Labute approximate surface area is 117 Å². The van der Waals surface area contributed by atoms with Crippen molar-refractivity contribution in [3.05, 3.63) is 18.5 Å². The van der Waals surface area contributed by atoms with Crippen LogP contribution < -0.4 is 5.73 Å². The Morgan fingerprint density at radius 2 is 2.19 bits per heavy atom. The Morgan fingerprint density at radius 1 is 1.33 bits per heavy atom. The zero-order valence-electron chi connectivity index (χ0n) is 10.8. The highest BCUT2D eigenvalue weighted by molar-refractivity contribution is 5.81. The van der Waals surface area contributed by atoms with Gasteiger partial charge in [0.25, 0.3) is 0 Å². The standard InChI is InChI=1S/C10H13N9O2/c11-8-7-10(13-3-12-8)14-4-19(7)6(1-5(21)2-20)9-15-17-18-16-9/h3-6,20-21H,1-2H2,(H2,11,12,13)(H,15,16,17,18). The van der Waals surface area contributed by atoms with Crippen molar-refractivity contribution in [2.45, 2.75) is 18.6 Å². The lowest BCUT2D eigenvalue weighted by atomic mass is 10.1. The first-order valence-corrected chi connectivity index (χ1v) is 6.16. The molecule has 11 nitrogen and oxygen atoms in total. The van der Waals surface area contributed by atoms with E-state index in [-0.39, 0.29) is 18.8 Å². The molecular weight excluding hydrogens is 278 g/mol. The molecule has 0 fully saturated rings. The van der Waals surface area contributed by atoms with Crippen molar-refractivity contribution in [3.8, 4) is 0 Å². The van der Waals surface area contributed by atoms with E-state index in [1.165, 1.54) is 12.7 Å². The molecule has 0 saturated carbocycles. The van der Waals surface area contributed by atoms with Gasteiger partial charge in [-0.25, -0.2) is 15.0 Å². The van der Waals surface area contributed by atoms with Crippen LogP contribution in [0.3, 0.4) is 0 Å². The Balaban J connectivity index is 2.10. The summed E-state index contributed by atoms with van der Waals surface area (Å²) in [6.07, 6.45) is 2.05. The number of H-pyrrole nitrogens is 1. The van der Waals surface area contributed by atoms with Crippen LogP contribution in [0.25, 0.3) is 11.2 Å². The second-order valence-corrected chi connectivity index (χ2v) is 4.44. The summed E-state index contributed by atoms with van der Waals surface area (Å²) in [6, 6.07) is -0.510. The third kappa shape index (κ3) is 2.39. The van der Waals surface area contributed by atoms with E-state index in [0.29, 0.717) is 17.0 Å². The average Bonchev–Trinajstić information content (AvgIpc) is 3.14. The third-order valence-electron chi connectivity index (χ3n) is 3.10. The number of aliphatic hydroxyl groups is 2. The maximum absolute atomic E-state index is 9.73. The van der Waals surface area contributed by atoms with Crippen molar-refractivity contribution >= 4 is 17.0 Å². The summed E-state index contributed by atoms with van der Waals surface area (Å²) >= 11 is 0. The number of aliphatic hydroxyl groups excluding tert-OH is 2. The highest BCUT2D eigenvalue weighted by Gasteiger charge is 2.25. The molecule has 2 atom stereocenters. The lowest BCUT2D eigenvalue weighted by molar-refractivity contribution is 0.0790. The minimum absolute atomic E-state index is 0.163. The van der Waals surface area contributed by atoms with Gasteiger partial charge in [0, 0.05) is 6.42 Å². The van der Waals surface area contributed by atoms with E-state index in [1.54, 1.807) is 4.57 Å². The first-order chi connectivity index (χ1) is 10.2. The predicted molar refractivity (Wildman–Crippen MR) is 69.8 cm³/mol. The van der Waals surface area contributed by atoms with Crippen LogP contribution in [0.4, 0.5) is 5.82 Å². The fraction of sp³-hybridized carbons (Fsp3) is 0.400. The molecule has 0 bridgehead atoms. The van der Waals surface area contributed by atoms with Crippen LogP contribution in [-0.4, -0.2) is 63.1 Å². The summed E-state index contributed by atoms with van der Waals surface area (Å²) in [4.78, 5) is 12.1. The van der Waals surface area contributed by atoms with Crippen LogP contribution in [0.2, 0.25) is 0 Å². The summed E-state index contributed by atoms with van der Waals surface area (Å²) in [5, 5.41) is 32.5. The van der Waals surface area contributed by atoms with Crippen molar-refractivity contribution in [2.24, 2.45) is 0 Å². The van der Waals surface area contributed by atoms with Crippen LogP contribution in [0.1, 0.15) is 18.3 Å². The smallest absolute Gasteiger partial charge is 0.197 e. The summed E-state index contributed by atoms with van der Waals surface area (Å²) < 4.78 is 1.66. The quantitative estimate of drug-likeness (QED) is 0.426. The topological polar surface area (TPSA) is 165 Å². The van der Waals surface area contributed by atoms with E-state index >= 15 is 0 Å². The van der Waals surface area contributed by atoms with E-state index in [4.69, 9.17) is 10.8 Å². The predicted octanol–water partition coefficient (Wildman–Crippen LogP) is -1.75. The van der Waals surface area contributed by atoms with Gasteiger partial charge in [-0.3, -0.25) is 0 Å². The fourth-order valence-electron chi connectivity index (χ4n) is 2.12. The third-order valence-corrected chi connectivity index (χ3v) is 3.10. The summed E-state index contributed by atoms with van der Waals surface area (Å²) in [5.41, 5.74) is 6.80. The number of nitrogens with two attached hydrogens (primary N) is 1. The molecule has 21 heavy (non-hydrogen) atoms. The zero-order chi connectivity index (χ0) is 14.8. The molecule has 3 aromatic heterocycles. The van der Waals surface area contributed by atoms with Gasteiger partial charge in [0.05, 0.1) is 19.0 Å². The molecule has 2 unspecified atom stereocenters. The summed E-state index contributed by atoms with van der Waals surface area (Å²) in [5.74, 6) is 0.592. The Kier molecular flexibility index (Phi) is 3.41. The van der Waals surface area contributed by atoms with Crippen LogP contribution in [0.5, 0.6) is 0 Å². The van der Waals surface area contributed by atoms with E-state index in [0.717, 1.165) is 0 Å². The lowest BCUT2D eigenvalue weighted by Crippen LogP contribution is -2.22. The van der Waals surface area contributed by atoms with E-state index in [2.05, 4.69) is 35.6 Å². The fourth-order valence-corrected chi connectivity index (χ4v) is 2.12. The first kappa shape index (κ1) is 13.3. The van der Waals surface area contributed by atoms with E-state index < -0.39 is 12.1 Å². The number of anilines is 1. The maximum atomic E-state index is 9.73. The molecule has 3 rings (SSSR count). The number of fused-ring (bicyclic) bond motifs is 1. The van der Waals surface area contributed by atoms with E-state index in [1.807, 2.05) is 0 Å². The molecule has 3 aromatic rings. The number of nitrogens with zero attached hydrogens (tertiary/aromatic N) is 7. The molecule has 0 aromatic carbocycles. The second-order valence-electron chi connectivity index (χ2n) is 4.44. The maximum Gasteiger partial charge on any atom is 0.197 e.